The second-order valence-corrected chi connectivity index (χ2v) is 7.12. The van der Waals surface area contributed by atoms with Crippen LogP contribution < -0.4 is 9.47 Å². The van der Waals surface area contributed by atoms with Crippen molar-refractivity contribution in [1.82, 2.24) is 19.6 Å². The minimum atomic E-state index is -0.646. The van der Waals surface area contributed by atoms with Crippen LogP contribution in [0, 0.1) is 0 Å². The highest BCUT2D eigenvalue weighted by Gasteiger charge is 2.41. The van der Waals surface area contributed by atoms with Crippen LogP contribution in [0.2, 0.25) is 0 Å². The number of ether oxygens (including phenoxy) is 3. The monoisotopic (exact) mass is 414 g/mol. The quantitative estimate of drug-likeness (QED) is 0.726. The summed E-state index contributed by atoms with van der Waals surface area (Å²) in [5.41, 5.74) is 1.67. The number of aryl methyl sites for hydroxylation is 1. The fraction of sp³-hybridized carbons (Fsp3) is 0.400. The molecule has 10 nitrogen and oxygen atoms in total. The predicted molar refractivity (Wildman–Crippen MR) is 104 cm³/mol. The molecule has 0 saturated carbocycles. The van der Waals surface area contributed by atoms with Crippen LogP contribution in [-0.2, 0) is 16.6 Å². The number of methoxy groups -OCH3 is 2. The number of carbonyl (C=O) groups is 3. The molecule has 2 aromatic rings. The summed E-state index contributed by atoms with van der Waals surface area (Å²) in [4.78, 5) is 39.5. The van der Waals surface area contributed by atoms with Crippen molar-refractivity contribution < 1.29 is 28.6 Å². The zero-order valence-corrected chi connectivity index (χ0v) is 17.0. The molecule has 2 aliphatic heterocycles. The minimum Gasteiger partial charge on any atom is -0.497 e. The SMILES string of the molecule is COc1ccc(OC)c(-c2cc(C(=O)N3CCC(N4C(=O)COC4=O)C3)n(C)n2)c1. The molecule has 1 aromatic carbocycles. The number of carbonyl (C=O) groups excluding carboxylic acids is 3. The molecule has 0 N–H and O–H groups in total. The summed E-state index contributed by atoms with van der Waals surface area (Å²) in [5.74, 6) is 0.668. The molecule has 0 spiro atoms. The van der Waals surface area contributed by atoms with E-state index in [-0.39, 0.29) is 31.0 Å². The molecule has 3 amide bonds. The number of hydrogen-bond donors (Lipinski definition) is 0. The van der Waals surface area contributed by atoms with E-state index in [9.17, 15) is 14.4 Å². The molecule has 4 rings (SSSR count). The Morgan fingerprint density at radius 1 is 1.20 bits per heavy atom. The number of amides is 3. The first kappa shape index (κ1) is 19.7. The summed E-state index contributed by atoms with van der Waals surface area (Å²) in [6.07, 6.45) is -0.131. The molecule has 1 unspecified atom stereocenters. The Balaban J connectivity index is 1.56. The first-order valence-corrected chi connectivity index (χ1v) is 9.47. The number of hydrogen-bond acceptors (Lipinski definition) is 7. The summed E-state index contributed by atoms with van der Waals surface area (Å²) in [6, 6.07) is 6.69. The fourth-order valence-corrected chi connectivity index (χ4v) is 3.83. The Bertz CT molecular complexity index is 1000. The maximum Gasteiger partial charge on any atom is 0.417 e. The zero-order chi connectivity index (χ0) is 21.4. The highest BCUT2D eigenvalue weighted by atomic mass is 16.6. The van der Waals surface area contributed by atoms with Crippen LogP contribution in [0.15, 0.2) is 24.3 Å². The molecule has 2 fully saturated rings. The lowest BCUT2D eigenvalue weighted by Crippen LogP contribution is -2.42. The smallest absolute Gasteiger partial charge is 0.417 e. The van der Waals surface area contributed by atoms with Gasteiger partial charge in [0, 0.05) is 25.7 Å². The molecule has 1 atom stereocenters. The summed E-state index contributed by atoms with van der Waals surface area (Å²) in [7, 11) is 4.83. The summed E-state index contributed by atoms with van der Waals surface area (Å²) in [6.45, 7) is 0.461. The second kappa shape index (κ2) is 7.69. The maximum atomic E-state index is 13.1. The number of aromatic nitrogens is 2. The van der Waals surface area contributed by atoms with Crippen molar-refractivity contribution >= 4 is 17.9 Å². The molecular weight excluding hydrogens is 392 g/mol. The normalized spacial score (nSPS) is 18.7. The topological polar surface area (TPSA) is 103 Å². The summed E-state index contributed by atoms with van der Waals surface area (Å²) >= 11 is 0. The summed E-state index contributed by atoms with van der Waals surface area (Å²) in [5, 5.41) is 4.47. The molecule has 0 aliphatic carbocycles. The predicted octanol–water partition coefficient (Wildman–Crippen LogP) is 1.30. The van der Waals surface area contributed by atoms with Gasteiger partial charge in [-0.2, -0.15) is 5.10 Å². The van der Waals surface area contributed by atoms with Gasteiger partial charge in [-0.05, 0) is 30.7 Å². The van der Waals surface area contributed by atoms with Crippen LogP contribution in [0.4, 0.5) is 4.79 Å². The van der Waals surface area contributed by atoms with Gasteiger partial charge in [-0.1, -0.05) is 0 Å². The first-order valence-electron chi connectivity index (χ1n) is 9.47. The second-order valence-electron chi connectivity index (χ2n) is 7.12. The molecule has 10 heteroatoms. The fourth-order valence-electron chi connectivity index (χ4n) is 3.83. The van der Waals surface area contributed by atoms with Gasteiger partial charge in [0.05, 0.1) is 26.0 Å². The van der Waals surface area contributed by atoms with E-state index in [1.54, 1.807) is 50.4 Å². The average molecular weight is 414 g/mol. The van der Waals surface area contributed by atoms with Gasteiger partial charge in [0.15, 0.2) is 6.61 Å². The van der Waals surface area contributed by atoms with E-state index in [2.05, 4.69) is 5.10 Å². The zero-order valence-electron chi connectivity index (χ0n) is 17.0. The third kappa shape index (κ3) is 3.34. The van der Waals surface area contributed by atoms with Crippen molar-refractivity contribution in [3.8, 4) is 22.8 Å². The molecule has 158 valence electrons. The van der Waals surface area contributed by atoms with Crippen molar-refractivity contribution in [2.45, 2.75) is 12.5 Å². The number of rotatable bonds is 5. The Morgan fingerprint density at radius 3 is 2.67 bits per heavy atom. The van der Waals surface area contributed by atoms with Gasteiger partial charge >= 0.3 is 6.09 Å². The van der Waals surface area contributed by atoms with Gasteiger partial charge in [-0.15, -0.1) is 0 Å². The van der Waals surface area contributed by atoms with Gasteiger partial charge in [-0.3, -0.25) is 14.3 Å². The van der Waals surface area contributed by atoms with Crippen LogP contribution in [0.5, 0.6) is 11.5 Å². The molecule has 3 heterocycles. The van der Waals surface area contributed by atoms with Crippen molar-refractivity contribution in [3.63, 3.8) is 0 Å². The Labute approximate surface area is 172 Å². The van der Waals surface area contributed by atoms with E-state index in [1.165, 1.54) is 4.68 Å². The molecule has 1 aromatic heterocycles. The van der Waals surface area contributed by atoms with E-state index >= 15 is 0 Å². The van der Waals surface area contributed by atoms with Crippen molar-refractivity contribution in [2.24, 2.45) is 7.05 Å². The van der Waals surface area contributed by atoms with E-state index in [0.29, 0.717) is 41.4 Å². The lowest BCUT2D eigenvalue weighted by atomic mass is 10.1. The number of nitrogens with zero attached hydrogens (tertiary/aromatic N) is 4. The standard InChI is InChI=1S/C20H22N4O6/c1-22-16(9-15(21-22)14-8-13(28-2)4-5-17(14)29-3)19(26)23-7-6-12(10-23)24-18(25)11-30-20(24)27/h4-5,8-9,12H,6-7,10-11H2,1-3H3. The van der Waals surface area contributed by atoms with Gasteiger partial charge in [0.25, 0.3) is 11.8 Å². The lowest BCUT2D eigenvalue weighted by Gasteiger charge is -2.20. The Morgan fingerprint density at radius 2 is 2.00 bits per heavy atom. The molecule has 2 saturated heterocycles. The van der Waals surface area contributed by atoms with Crippen LogP contribution in [0.25, 0.3) is 11.3 Å². The highest BCUT2D eigenvalue weighted by Crippen LogP contribution is 2.33. The van der Waals surface area contributed by atoms with Gasteiger partial charge in [0.2, 0.25) is 0 Å². The largest absolute Gasteiger partial charge is 0.497 e. The van der Waals surface area contributed by atoms with Gasteiger partial charge in [0.1, 0.15) is 17.2 Å². The number of imide groups is 1. The maximum absolute atomic E-state index is 13.1. The third-order valence-corrected chi connectivity index (χ3v) is 5.38. The number of cyclic esters (lactones) is 1. The first-order chi connectivity index (χ1) is 14.4. The average Bonchev–Trinajstić information content (AvgIpc) is 3.46. The van der Waals surface area contributed by atoms with Crippen molar-refractivity contribution in [3.05, 3.63) is 30.0 Å². The van der Waals surface area contributed by atoms with E-state index in [1.807, 2.05) is 0 Å². The number of benzene rings is 1. The molecule has 0 radical (unpaired) electrons. The van der Waals surface area contributed by atoms with Crippen LogP contribution in [-0.4, -0.2) is 77.4 Å². The van der Waals surface area contributed by atoms with Crippen LogP contribution in [0.3, 0.4) is 0 Å². The van der Waals surface area contributed by atoms with E-state index in [0.717, 1.165) is 4.90 Å². The summed E-state index contributed by atoms with van der Waals surface area (Å²) < 4.78 is 17.0. The van der Waals surface area contributed by atoms with Gasteiger partial charge < -0.3 is 19.1 Å². The Kier molecular flexibility index (Phi) is 5.06. The molecule has 0 bridgehead atoms. The van der Waals surface area contributed by atoms with Crippen molar-refractivity contribution in [1.29, 1.82) is 0 Å². The van der Waals surface area contributed by atoms with E-state index < -0.39 is 6.09 Å². The minimum absolute atomic E-state index is 0.222. The van der Waals surface area contributed by atoms with Gasteiger partial charge in [-0.25, -0.2) is 9.69 Å². The van der Waals surface area contributed by atoms with Crippen LogP contribution in [0.1, 0.15) is 16.9 Å². The Hall–Kier alpha value is -3.56. The van der Waals surface area contributed by atoms with Crippen LogP contribution >= 0.6 is 0 Å². The number of likely N-dealkylation sites (tertiary alicyclic amines) is 1. The van der Waals surface area contributed by atoms with E-state index in [4.69, 9.17) is 14.2 Å². The van der Waals surface area contributed by atoms with Crippen molar-refractivity contribution in [2.75, 3.05) is 33.9 Å². The molecule has 2 aliphatic rings. The lowest BCUT2D eigenvalue weighted by molar-refractivity contribution is -0.127. The third-order valence-electron chi connectivity index (χ3n) is 5.38. The highest BCUT2D eigenvalue weighted by molar-refractivity contribution is 5.98. The molecular formula is C20H22N4O6. The molecule has 30 heavy (non-hydrogen) atoms.